The molecule has 3 N–H and O–H groups in total. The highest BCUT2D eigenvalue weighted by Crippen LogP contribution is 2.25. The number of unbranched alkanes of at least 4 members (excludes halogenated alkanes) is 1. The zero-order valence-electron chi connectivity index (χ0n) is 20.3. The molecule has 3 aromatic carbocycles. The molecule has 10 heteroatoms. The van der Waals surface area contributed by atoms with Crippen LogP contribution in [0, 0.1) is 0 Å². The van der Waals surface area contributed by atoms with E-state index in [1.165, 1.54) is 0 Å². The Morgan fingerprint density at radius 1 is 1.00 bits per heavy atom. The Labute approximate surface area is 235 Å². The molecule has 0 radical (unpaired) electrons. The number of rotatable bonds is 10. The average Bonchev–Trinajstić information content (AvgIpc) is 2.87. The molecule has 0 spiro atoms. The van der Waals surface area contributed by atoms with Gasteiger partial charge in [0.15, 0.2) is 11.2 Å². The first kappa shape index (κ1) is 28.4. The van der Waals surface area contributed by atoms with E-state index in [9.17, 15) is 9.59 Å². The lowest BCUT2D eigenvalue weighted by molar-refractivity contribution is -0.122. The van der Waals surface area contributed by atoms with Crippen LogP contribution < -0.4 is 25.4 Å². The number of para-hydroxylation sites is 1. The zero-order valence-corrected chi connectivity index (χ0v) is 23.5. The van der Waals surface area contributed by atoms with Crippen LogP contribution in [0.3, 0.4) is 0 Å². The summed E-state index contributed by atoms with van der Waals surface area (Å²) in [6.45, 7) is 4.23. The van der Waals surface area contributed by atoms with Crippen LogP contribution in [0.4, 0.5) is 11.4 Å². The first-order chi connectivity index (χ1) is 17.8. The monoisotopic (exact) mass is 603 g/mol. The van der Waals surface area contributed by atoms with E-state index in [0.29, 0.717) is 40.1 Å². The van der Waals surface area contributed by atoms with Crippen LogP contribution in [-0.4, -0.2) is 29.6 Å². The van der Waals surface area contributed by atoms with Gasteiger partial charge in [0.2, 0.25) is 0 Å². The predicted molar refractivity (Wildman–Crippen MR) is 155 cm³/mol. The SMILES string of the molecule is CCCCOc1ccc(Br)cc1C(=O)NC(=S)Nc1ccc(NC(=O)C(C)Oc2ccccc2Cl)cc1. The maximum absolute atomic E-state index is 12.8. The van der Waals surface area contributed by atoms with Gasteiger partial charge >= 0.3 is 0 Å². The first-order valence-electron chi connectivity index (χ1n) is 11.6. The molecule has 0 heterocycles. The molecule has 0 aliphatic rings. The number of ether oxygens (including phenoxy) is 2. The van der Waals surface area contributed by atoms with E-state index in [-0.39, 0.29) is 16.9 Å². The van der Waals surface area contributed by atoms with Crippen molar-refractivity contribution < 1.29 is 19.1 Å². The lowest BCUT2D eigenvalue weighted by Gasteiger charge is -2.16. The molecule has 1 atom stereocenters. The van der Waals surface area contributed by atoms with E-state index in [2.05, 4.69) is 38.8 Å². The van der Waals surface area contributed by atoms with Gasteiger partial charge in [-0.2, -0.15) is 0 Å². The van der Waals surface area contributed by atoms with Crippen molar-refractivity contribution in [1.29, 1.82) is 0 Å². The molecule has 3 aromatic rings. The lowest BCUT2D eigenvalue weighted by Crippen LogP contribution is -2.34. The summed E-state index contributed by atoms with van der Waals surface area (Å²) in [4.78, 5) is 25.3. The second-order valence-electron chi connectivity index (χ2n) is 8.01. The molecule has 7 nitrogen and oxygen atoms in total. The van der Waals surface area contributed by atoms with E-state index in [0.717, 1.165) is 17.3 Å². The fraction of sp³-hybridized carbons (Fsp3) is 0.222. The summed E-state index contributed by atoms with van der Waals surface area (Å²) in [7, 11) is 0. The molecule has 0 saturated heterocycles. The van der Waals surface area contributed by atoms with Crippen LogP contribution in [-0.2, 0) is 4.79 Å². The Bertz CT molecular complexity index is 1260. The first-order valence-corrected chi connectivity index (χ1v) is 13.2. The number of halogens is 2. The smallest absolute Gasteiger partial charge is 0.265 e. The third-order valence-corrected chi connectivity index (χ3v) is 6.10. The van der Waals surface area contributed by atoms with E-state index >= 15 is 0 Å². The molecule has 0 bridgehead atoms. The summed E-state index contributed by atoms with van der Waals surface area (Å²) < 4.78 is 12.2. The topological polar surface area (TPSA) is 88.7 Å². The van der Waals surface area contributed by atoms with E-state index in [1.54, 1.807) is 67.6 Å². The fourth-order valence-electron chi connectivity index (χ4n) is 3.13. The number of thiocarbonyl (C=S) groups is 1. The molecule has 194 valence electrons. The molecule has 2 amide bonds. The third-order valence-electron chi connectivity index (χ3n) is 5.09. The number of hydrogen-bond acceptors (Lipinski definition) is 5. The summed E-state index contributed by atoms with van der Waals surface area (Å²) in [5.41, 5.74) is 1.58. The zero-order chi connectivity index (χ0) is 26.8. The molecule has 0 fully saturated rings. The number of amides is 2. The highest BCUT2D eigenvalue weighted by Gasteiger charge is 2.17. The van der Waals surface area contributed by atoms with Crippen molar-refractivity contribution in [3.63, 3.8) is 0 Å². The molecule has 0 aliphatic carbocycles. The molecular weight excluding hydrogens is 578 g/mol. The number of benzene rings is 3. The van der Waals surface area contributed by atoms with Gasteiger partial charge in [-0.05, 0) is 80.2 Å². The van der Waals surface area contributed by atoms with Crippen LogP contribution in [0.5, 0.6) is 11.5 Å². The van der Waals surface area contributed by atoms with Crippen molar-refractivity contribution in [3.05, 3.63) is 81.8 Å². The quantitative estimate of drug-likeness (QED) is 0.174. The molecule has 0 aromatic heterocycles. The summed E-state index contributed by atoms with van der Waals surface area (Å²) in [5, 5.41) is 8.99. The molecular formula is C27H27BrClN3O4S. The summed E-state index contributed by atoms with van der Waals surface area (Å²) in [6, 6.07) is 19.1. The lowest BCUT2D eigenvalue weighted by atomic mass is 10.2. The Balaban J connectivity index is 1.54. The van der Waals surface area contributed by atoms with E-state index < -0.39 is 6.10 Å². The van der Waals surface area contributed by atoms with Gasteiger partial charge in [0.1, 0.15) is 11.5 Å². The van der Waals surface area contributed by atoms with Gasteiger partial charge in [-0.25, -0.2) is 0 Å². The summed E-state index contributed by atoms with van der Waals surface area (Å²) in [6.07, 6.45) is 1.12. The van der Waals surface area contributed by atoms with Gasteiger partial charge in [-0.15, -0.1) is 0 Å². The Hall–Kier alpha value is -3.14. The second-order valence-corrected chi connectivity index (χ2v) is 9.74. The second kappa shape index (κ2) is 14.0. The van der Waals surface area contributed by atoms with Gasteiger partial charge in [0.05, 0.1) is 17.2 Å². The van der Waals surface area contributed by atoms with Gasteiger partial charge in [0.25, 0.3) is 11.8 Å². The van der Waals surface area contributed by atoms with Crippen LogP contribution in [0.1, 0.15) is 37.0 Å². The average molecular weight is 605 g/mol. The van der Waals surface area contributed by atoms with Gasteiger partial charge in [-0.1, -0.05) is 53.0 Å². The van der Waals surface area contributed by atoms with Crippen LogP contribution in [0.2, 0.25) is 5.02 Å². The van der Waals surface area contributed by atoms with Gasteiger partial charge < -0.3 is 20.1 Å². The Morgan fingerprint density at radius 2 is 1.68 bits per heavy atom. The molecule has 0 aliphatic heterocycles. The predicted octanol–water partition coefficient (Wildman–Crippen LogP) is 6.81. The fourth-order valence-corrected chi connectivity index (χ4v) is 3.88. The van der Waals surface area contributed by atoms with Crippen molar-refractivity contribution in [2.75, 3.05) is 17.2 Å². The minimum atomic E-state index is -0.755. The normalized spacial score (nSPS) is 11.2. The Morgan fingerprint density at radius 3 is 2.35 bits per heavy atom. The minimum Gasteiger partial charge on any atom is -0.493 e. The highest BCUT2D eigenvalue weighted by molar-refractivity contribution is 9.10. The van der Waals surface area contributed by atoms with Gasteiger partial charge in [-0.3, -0.25) is 14.9 Å². The summed E-state index contributed by atoms with van der Waals surface area (Å²) in [5.74, 6) is 0.213. The molecule has 3 rings (SSSR count). The van der Waals surface area contributed by atoms with Crippen molar-refractivity contribution >= 4 is 68.1 Å². The standard InChI is InChI=1S/C27H27BrClN3O4S/c1-3-4-15-35-23-14-9-18(28)16-21(23)26(34)32-27(37)31-20-12-10-19(11-13-20)30-25(33)17(2)36-24-8-6-5-7-22(24)29/h5-14,16-17H,3-4,15H2,1-2H3,(H,30,33)(H2,31,32,34,37). The van der Waals surface area contributed by atoms with E-state index in [4.69, 9.17) is 33.3 Å². The number of nitrogens with one attached hydrogen (secondary N) is 3. The van der Waals surface area contributed by atoms with Crippen LogP contribution in [0.25, 0.3) is 0 Å². The largest absolute Gasteiger partial charge is 0.493 e. The molecule has 0 saturated carbocycles. The number of hydrogen-bond donors (Lipinski definition) is 3. The molecule has 1 unspecified atom stereocenters. The van der Waals surface area contributed by atoms with Crippen molar-refractivity contribution in [2.24, 2.45) is 0 Å². The van der Waals surface area contributed by atoms with Crippen LogP contribution in [0.15, 0.2) is 71.2 Å². The Kier molecular flexibility index (Phi) is 10.7. The van der Waals surface area contributed by atoms with Gasteiger partial charge in [0, 0.05) is 15.8 Å². The third kappa shape index (κ3) is 8.73. The maximum atomic E-state index is 12.8. The van der Waals surface area contributed by atoms with Crippen molar-refractivity contribution in [3.8, 4) is 11.5 Å². The summed E-state index contributed by atoms with van der Waals surface area (Å²) >= 11 is 14.8. The number of carbonyl (C=O) groups is 2. The number of anilines is 2. The van der Waals surface area contributed by atoms with E-state index in [1.807, 2.05) is 6.07 Å². The maximum Gasteiger partial charge on any atom is 0.265 e. The number of carbonyl (C=O) groups excluding carboxylic acids is 2. The molecule has 37 heavy (non-hydrogen) atoms. The van der Waals surface area contributed by atoms with Crippen molar-refractivity contribution in [2.45, 2.75) is 32.8 Å². The highest BCUT2D eigenvalue weighted by atomic mass is 79.9. The minimum absolute atomic E-state index is 0.128. The van der Waals surface area contributed by atoms with Crippen molar-refractivity contribution in [1.82, 2.24) is 5.32 Å². The van der Waals surface area contributed by atoms with Crippen LogP contribution >= 0.6 is 39.7 Å².